The lowest BCUT2D eigenvalue weighted by molar-refractivity contribution is -0.123. The van der Waals surface area contributed by atoms with Gasteiger partial charge in [-0.1, -0.05) is 0 Å². The molecule has 0 radical (unpaired) electrons. The van der Waals surface area contributed by atoms with Gasteiger partial charge in [0.15, 0.2) is 23.0 Å². The van der Waals surface area contributed by atoms with Crippen molar-refractivity contribution in [2.24, 2.45) is 5.92 Å². The van der Waals surface area contributed by atoms with Crippen molar-refractivity contribution >= 4 is 23.3 Å². The van der Waals surface area contributed by atoms with Gasteiger partial charge in [0.2, 0.25) is 5.91 Å². The first-order chi connectivity index (χ1) is 13.3. The summed E-state index contributed by atoms with van der Waals surface area (Å²) in [6.07, 6.45) is 3.29. The molecule has 0 atom stereocenters. The number of fused-ring (bicyclic) bond motifs is 1. The molecule has 28 heavy (non-hydrogen) atoms. The molecule has 2 amide bonds. The molecule has 0 bridgehead atoms. The van der Waals surface area contributed by atoms with Crippen LogP contribution in [0.5, 0.6) is 0 Å². The number of aromatic nitrogens is 5. The van der Waals surface area contributed by atoms with Crippen LogP contribution in [0.4, 0.5) is 19.0 Å². The third-order valence-corrected chi connectivity index (χ3v) is 4.03. The van der Waals surface area contributed by atoms with E-state index < -0.39 is 18.6 Å². The highest BCUT2D eigenvalue weighted by Crippen LogP contribution is 2.30. The van der Waals surface area contributed by atoms with Crippen molar-refractivity contribution in [2.45, 2.75) is 19.0 Å². The summed E-state index contributed by atoms with van der Waals surface area (Å²) in [4.78, 5) is 32.0. The summed E-state index contributed by atoms with van der Waals surface area (Å²) in [6, 6.07) is 1.28. The molecule has 0 unspecified atom stereocenters. The molecule has 1 fully saturated rings. The van der Waals surface area contributed by atoms with Crippen LogP contribution in [0.15, 0.2) is 30.9 Å². The number of carbonyl (C=O) groups is 2. The molecule has 3 aromatic heterocycles. The number of nitrogens with zero attached hydrogens (tertiary/aromatic N) is 5. The zero-order valence-corrected chi connectivity index (χ0v) is 14.3. The third kappa shape index (κ3) is 3.94. The van der Waals surface area contributed by atoms with Gasteiger partial charge in [-0.2, -0.15) is 18.3 Å². The number of carbonyl (C=O) groups excluding carboxylic acids is 2. The molecular weight excluding hydrogens is 379 g/mol. The SMILES string of the molecule is O=C(NCC(F)(F)F)c1ccn(-c2cn3cc(NC(=O)C4CC4)nc3cn2)n1. The van der Waals surface area contributed by atoms with E-state index in [0.29, 0.717) is 17.3 Å². The van der Waals surface area contributed by atoms with Gasteiger partial charge in [-0.05, 0) is 18.9 Å². The number of halogens is 3. The lowest BCUT2D eigenvalue weighted by Crippen LogP contribution is -2.34. The fourth-order valence-corrected chi connectivity index (χ4v) is 2.48. The summed E-state index contributed by atoms with van der Waals surface area (Å²) in [5.74, 6) is -0.254. The predicted molar refractivity (Wildman–Crippen MR) is 89.9 cm³/mol. The summed E-state index contributed by atoms with van der Waals surface area (Å²) in [5, 5.41) is 8.43. The molecule has 9 nitrogen and oxygen atoms in total. The maximum Gasteiger partial charge on any atom is 0.405 e. The summed E-state index contributed by atoms with van der Waals surface area (Å²) in [5.41, 5.74) is 0.319. The zero-order valence-electron chi connectivity index (χ0n) is 14.3. The summed E-state index contributed by atoms with van der Waals surface area (Å²) < 4.78 is 39.5. The number of amides is 2. The normalized spacial score (nSPS) is 14.2. The Bertz CT molecular complexity index is 1050. The highest BCUT2D eigenvalue weighted by molar-refractivity contribution is 5.93. The van der Waals surface area contributed by atoms with Crippen molar-refractivity contribution in [2.75, 3.05) is 11.9 Å². The van der Waals surface area contributed by atoms with Crippen molar-refractivity contribution in [3.63, 3.8) is 0 Å². The van der Waals surface area contributed by atoms with Crippen LogP contribution >= 0.6 is 0 Å². The molecule has 4 rings (SSSR count). The van der Waals surface area contributed by atoms with Gasteiger partial charge in [0.1, 0.15) is 6.54 Å². The third-order valence-electron chi connectivity index (χ3n) is 4.03. The number of hydrogen-bond donors (Lipinski definition) is 2. The average molecular weight is 393 g/mol. The van der Waals surface area contributed by atoms with Gasteiger partial charge in [-0.25, -0.2) is 14.6 Å². The van der Waals surface area contributed by atoms with Gasteiger partial charge in [0.25, 0.3) is 5.91 Å². The molecule has 0 spiro atoms. The Morgan fingerprint density at radius 2 is 2.04 bits per heavy atom. The van der Waals surface area contributed by atoms with E-state index in [1.54, 1.807) is 22.1 Å². The molecule has 2 N–H and O–H groups in total. The lowest BCUT2D eigenvalue weighted by Gasteiger charge is -2.06. The molecule has 146 valence electrons. The van der Waals surface area contributed by atoms with Gasteiger partial charge in [-0.3, -0.25) is 14.0 Å². The van der Waals surface area contributed by atoms with Gasteiger partial charge < -0.3 is 10.6 Å². The van der Waals surface area contributed by atoms with Crippen molar-refractivity contribution in [3.05, 3.63) is 36.5 Å². The van der Waals surface area contributed by atoms with Crippen LogP contribution in [-0.2, 0) is 4.79 Å². The average Bonchev–Trinajstić information content (AvgIpc) is 3.23. The molecular formula is C16H14F3N7O2. The van der Waals surface area contributed by atoms with E-state index in [1.807, 2.05) is 0 Å². The number of hydrogen-bond acceptors (Lipinski definition) is 5. The monoisotopic (exact) mass is 393 g/mol. The maximum absolute atomic E-state index is 12.2. The Labute approximate surface area is 155 Å². The Balaban J connectivity index is 1.50. The first-order valence-corrected chi connectivity index (χ1v) is 8.35. The Morgan fingerprint density at radius 1 is 1.25 bits per heavy atom. The molecule has 1 aliphatic carbocycles. The number of nitrogens with one attached hydrogen (secondary N) is 2. The molecule has 1 saturated carbocycles. The van der Waals surface area contributed by atoms with Crippen LogP contribution < -0.4 is 10.6 Å². The van der Waals surface area contributed by atoms with E-state index >= 15 is 0 Å². The second kappa shape index (κ2) is 6.62. The highest BCUT2D eigenvalue weighted by Gasteiger charge is 2.30. The minimum absolute atomic E-state index is 0.0458. The summed E-state index contributed by atoms with van der Waals surface area (Å²) >= 11 is 0. The number of rotatable bonds is 5. The first kappa shape index (κ1) is 17.9. The Kier molecular flexibility index (Phi) is 4.24. The van der Waals surface area contributed by atoms with Gasteiger partial charge in [-0.15, -0.1) is 0 Å². The quantitative estimate of drug-likeness (QED) is 0.684. The van der Waals surface area contributed by atoms with Gasteiger partial charge in [0, 0.05) is 12.1 Å². The smallest absolute Gasteiger partial charge is 0.342 e. The van der Waals surface area contributed by atoms with Gasteiger partial charge >= 0.3 is 6.18 Å². The molecule has 3 heterocycles. The standard InChI is InChI=1S/C16H14F3N7O2/c17-16(18,19)8-21-15(28)10-3-4-26(24-10)13-7-25-6-11(22-12(25)5-20-13)23-14(27)9-1-2-9/h3-7,9H,1-2,8H2,(H,21,28)(H,23,27). The zero-order chi connectivity index (χ0) is 19.9. The number of anilines is 1. The minimum atomic E-state index is -4.50. The largest absolute Gasteiger partial charge is 0.405 e. The van der Waals surface area contributed by atoms with E-state index in [9.17, 15) is 22.8 Å². The van der Waals surface area contributed by atoms with Crippen LogP contribution in [0.3, 0.4) is 0 Å². The Hall–Kier alpha value is -3.44. The van der Waals surface area contributed by atoms with Crippen molar-refractivity contribution in [1.29, 1.82) is 0 Å². The molecule has 1 aliphatic rings. The fourth-order valence-electron chi connectivity index (χ4n) is 2.48. The van der Waals surface area contributed by atoms with E-state index in [1.165, 1.54) is 23.1 Å². The van der Waals surface area contributed by atoms with Crippen molar-refractivity contribution in [3.8, 4) is 5.82 Å². The van der Waals surface area contributed by atoms with E-state index in [4.69, 9.17) is 0 Å². The lowest BCUT2D eigenvalue weighted by atomic mass is 10.4. The number of alkyl halides is 3. The molecule has 0 aliphatic heterocycles. The van der Waals surface area contributed by atoms with Crippen molar-refractivity contribution < 1.29 is 22.8 Å². The summed E-state index contributed by atoms with van der Waals surface area (Å²) in [6.45, 7) is -1.44. The topological polar surface area (TPSA) is 106 Å². The predicted octanol–water partition coefficient (Wildman–Crippen LogP) is 1.56. The second-order valence-corrected chi connectivity index (χ2v) is 6.34. The van der Waals surface area contributed by atoms with Crippen LogP contribution in [0.25, 0.3) is 11.5 Å². The molecule has 12 heteroatoms. The van der Waals surface area contributed by atoms with Crippen molar-refractivity contribution in [1.82, 2.24) is 29.5 Å². The molecule has 0 aromatic carbocycles. The molecule has 0 saturated heterocycles. The van der Waals surface area contributed by atoms with Crippen LogP contribution in [-0.4, -0.2) is 48.7 Å². The molecule has 3 aromatic rings. The fraction of sp³-hybridized carbons (Fsp3) is 0.312. The number of imidazole rings is 1. The van der Waals surface area contributed by atoms with Crippen LogP contribution in [0.2, 0.25) is 0 Å². The van der Waals surface area contributed by atoms with E-state index in [-0.39, 0.29) is 17.5 Å². The Morgan fingerprint density at radius 3 is 2.75 bits per heavy atom. The first-order valence-electron chi connectivity index (χ1n) is 8.35. The highest BCUT2D eigenvalue weighted by atomic mass is 19.4. The van der Waals surface area contributed by atoms with E-state index in [2.05, 4.69) is 20.4 Å². The maximum atomic E-state index is 12.2. The van der Waals surface area contributed by atoms with Crippen LogP contribution in [0, 0.1) is 5.92 Å². The van der Waals surface area contributed by atoms with E-state index in [0.717, 1.165) is 12.8 Å². The minimum Gasteiger partial charge on any atom is -0.342 e. The van der Waals surface area contributed by atoms with Gasteiger partial charge in [0.05, 0.1) is 18.6 Å². The summed E-state index contributed by atoms with van der Waals surface area (Å²) in [7, 11) is 0. The van der Waals surface area contributed by atoms with Crippen LogP contribution in [0.1, 0.15) is 23.3 Å². The second-order valence-electron chi connectivity index (χ2n) is 6.34.